The van der Waals surface area contributed by atoms with E-state index < -0.39 is 5.97 Å². The Bertz CT molecular complexity index is 88.9. The van der Waals surface area contributed by atoms with Gasteiger partial charge in [-0.1, -0.05) is 20.3 Å². The molecular weight excluding hydrogens is 116 g/mol. The Kier molecular flexibility index (Phi) is 4.10. The van der Waals surface area contributed by atoms with Gasteiger partial charge in [0, 0.05) is 0 Å². The zero-order valence-corrected chi connectivity index (χ0v) is 6.02. The van der Waals surface area contributed by atoms with Gasteiger partial charge in [-0.25, -0.2) is 9.90 Å². The van der Waals surface area contributed by atoms with Crippen LogP contribution >= 0.6 is 0 Å². The average Bonchev–Trinajstić information content (AvgIpc) is 1.82. The lowest BCUT2D eigenvalue weighted by Gasteiger charge is -2.03. The van der Waals surface area contributed by atoms with E-state index in [4.69, 9.17) is 0 Å². The van der Waals surface area contributed by atoms with E-state index in [-0.39, 0.29) is 5.92 Å². The lowest BCUT2D eigenvalue weighted by atomic mass is 10.0. The van der Waals surface area contributed by atoms with Gasteiger partial charge in [-0.2, -0.15) is 0 Å². The van der Waals surface area contributed by atoms with E-state index in [2.05, 4.69) is 0 Å². The van der Waals surface area contributed by atoms with Crippen LogP contribution in [0.2, 0.25) is 0 Å². The van der Waals surface area contributed by atoms with Crippen molar-refractivity contribution in [3.63, 3.8) is 0 Å². The van der Waals surface area contributed by atoms with Crippen LogP contribution in [0.1, 0.15) is 33.1 Å². The van der Waals surface area contributed by atoms with Crippen LogP contribution < -0.4 is 0 Å². The highest BCUT2D eigenvalue weighted by Gasteiger charge is 2.14. The van der Waals surface area contributed by atoms with Gasteiger partial charge in [-0.3, -0.25) is 0 Å². The maximum absolute atomic E-state index is 10.2. The zero-order chi connectivity index (χ0) is 7.28. The van der Waals surface area contributed by atoms with E-state index in [1.165, 1.54) is 0 Å². The SMILES string of the molecule is CCCC(CC)C([O])=O. The van der Waals surface area contributed by atoms with Gasteiger partial charge in [0.1, 0.15) is 0 Å². The second kappa shape index (κ2) is 4.36. The van der Waals surface area contributed by atoms with Crippen LogP contribution in [-0.2, 0) is 9.90 Å². The standard InChI is InChI=1S/C7H13O2/c1-3-5-6(4-2)7(8)9/h6H,3-5H2,1-2H3. The van der Waals surface area contributed by atoms with E-state index >= 15 is 0 Å². The highest BCUT2D eigenvalue weighted by atomic mass is 16.4. The first-order chi connectivity index (χ1) is 4.22. The fourth-order valence-electron chi connectivity index (χ4n) is 0.837. The summed E-state index contributed by atoms with van der Waals surface area (Å²) in [6, 6.07) is 0. The first-order valence-electron chi connectivity index (χ1n) is 3.43. The molecule has 0 N–H and O–H groups in total. The molecular formula is C7H13O2. The first-order valence-corrected chi connectivity index (χ1v) is 3.43. The summed E-state index contributed by atoms with van der Waals surface area (Å²) < 4.78 is 0. The quantitative estimate of drug-likeness (QED) is 0.570. The highest BCUT2D eigenvalue weighted by Crippen LogP contribution is 2.09. The van der Waals surface area contributed by atoms with Crippen LogP contribution in [-0.4, -0.2) is 5.97 Å². The number of carbonyl (C=O) groups is 1. The molecule has 0 saturated carbocycles. The smallest absolute Gasteiger partial charge is 0.247 e. The minimum absolute atomic E-state index is 0.227. The van der Waals surface area contributed by atoms with Crippen LogP contribution in [0.5, 0.6) is 0 Å². The van der Waals surface area contributed by atoms with Gasteiger partial charge in [0.25, 0.3) is 0 Å². The minimum Gasteiger partial charge on any atom is -0.247 e. The second-order valence-corrected chi connectivity index (χ2v) is 2.21. The number of hydrogen-bond donors (Lipinski definition) is 0. The van der Waals surface area contributed by atoms with Crippen LogP contribution in [0.25, 0.3) is 0 Å². The normalized spacial score (nSPS) is 13.1. The van der Waals surface area contributed by atoms with Crippen LogP contribution in [0.4, 0.5) is 0 Å². The van der Waals surface area contributed by atoms with Crippen molar-refractivity contribution in [3.05, 3.63) is 0 Å². The topological polar surface area (TPSA) is 37.0 Å². The molecule has 0 amide bonds. The van der Waals surface area contributed by atoms with Crippen LogP contribution in [0.15, 0.2) is 0 Å². The molecule has 1 atom stereocenters. The molecule has 0 heterocycles. The monoisotopic (exact) mass is 129 g/mol. The maximum Gasteiger partial charge on any atom is 0.358 e. The summed E-state index contributed by atoms with van der Waals surface area (Å²) >= 11 is 0. The lowest BCUT2D eigenvalue weighted by molar-refractivity contribution is -0.148. The third-order valence-electron chi connectivity index (χ3n) is 1.46. The average molecular weight is 129 g/mol. The van der Waals surface area contributed by atoms with Gasteiger partial charge in [-0.15, -0.1) is 0 Å². The van der Waals surface area contributed by atoms with Gasteiger partial charge < -0.3 is 0 Å². The van der Waals surface area contributed by atoms with E-state index in [9.17, 15) is 9.90 Å². The Morgan fingerprint density at radius 2 is 2.00 bits per heavy atom. The van der Waals surface area contributed by atoms with Crippen LogP contribution in [0.3, 0.4) is 0 Å². The molecule has 53 valence electrons. The number of rotatable bonds is 4. The summed E-state index contributed by atoms with van der Waals surface area (Å²) in [7, 11) is 0. The molecule has 0 aromatic rings. The largest absolute Gasteiger partial charge is 0.358 e. The molecule has 0 aliphatic heterocycles. The van der Waals surface area contributed by atoms with Crippen molar-refractivity contribution in [1.29, 1.82) is 0 Å². The van der Waals surface area contributed by atoms with E-state index in [0.29, 0.717) is 6.42 Å². The van der Waals surface area contributed by atoms with Gasteiger partial charge in [0.15, 0.2) is 0 Å². The van der Waals surface area contributed by atoms with Gasteiger partial charge in [-0.05, 0) is 12.8 Å². The third kappa shape index (κ3) is 3.12. The molecule has 0 aromatic heterocycles. The van der Waals surface area contributed by atoms with Crippen molar-refractivity contribution >= 4 is 5.97 Å². The van der Waals surface area contributed by atoms with Crippen molar-refractivity contribution in [2.24, 2.45) is 5.92 Å². The molecule has 1 radical (unpaired) electrons. The van der Waals surface area contributed by atoms with Gasteiger partial charge in [0.05, 0.1) is 5.92 Å². The van der Waals surface area contributed by atoms with E-state index in [0.717, 1.165) is 12.8 Å². The Balaban J connectivity index is 3.54. The lowest BCUT2D eigenvalue weighted by Crippen LogP contribution is -2.10. The van der Waals surface area contributed by atoms with Crippen molar-refractivity contribution in [2.75, 3.05) is 0 Å². The molecule has 0 rings (SSSR count). The van der Waals surface area contributed by atoms with Crippen molar-refractivity contribution < 1.29 is 9.90 Å². The summed E-state index contributed by atoms with van der Waals surface area (Å²) in [6.07, 6.45) is 2.36. The molecule has 0 aliphatic rings. The Labute approximate surface area is 55.9 Å². The van der Waals surface area contributed by atoms with Gasteiger partial charge in [0.2, 0.25) is 0 Å². The van der Waals surface area contributed by atoms with E-state index in [1.807, 2.05) is 13.8 Å². The third-order valence-corrected chi connectivity index (χ3v) is 1.46. The molecule has 9 heavy (non-hydrogen) atoms. The fraction of sp³-hybridized carbons (Fsp3) is 0.857. The fourth-order valence-corrected chi connectivity index (χ4v) is 0.837. The van der Waals surface area contributed by atoms with Crippen molar-refractivity contribution in [1.82, 2.24) is 0 Å². The Hall–Kier alpha value is -0.530. The zero-order valence-electron chi connectivity index (χ0n) is 6.02. The maximum atomic E-state index is 10.2. The molecule has 2 nitrogen and oxygen atoms in total. The summed E-state index contributed by atoms with van der Waals surface area (Å²) in [6.45, 7) is 3.85. The van der Waals surface area contributed by atoms with Crippen molar-refractivity contribution in [3.8, 4) is 0 Å². The minimum atomic E-state index is -0.903. The highest BCUT2D eigenvalue weighted by molar-refractivity contribution is 5.69. The predicted molar refractivity (Wildman–Crippen MR) is 34.4 cm³/mol. The van der Waals surface area contributed by atoms with Crippen molar-refractivity contribution in [2.45, 2.75) is 33.1 Å². The number of carbonyl (C=O) groups excluding carboxylic acids is 1. The first kappa shape index (κ1) is 8.47. The second-order valence-electron chi connectivity index (χ2n) is 2.21. The molecule has 0 aliphatic carbocycles. The summed E-state index contributed by atoms with van der Waals surface area (Å²) in [5, 5.41) is 10.2. The van der Waals surface area contributed by atoms with E-state index in [1.54, 1.807) is 0 Å². The predicted octanol–water partition coefficient (Wildman–Crippen LogP) is 1.77. The molecule has 2 heteroatoms. The Morgan fingerprint density at radius 3 is 2.11 bits per heavy atom. The number of hydrogen-bond acceptors (Lipinski definition) is 1. The summed E-state index contributed by atoms with van der Waals surface area (Å²) in [5.74, 6) is -1.13. The Morgan fingerprint density at radius 1 is 1.44 bits per heavy atom. The van der Waals surface area contributed by atoms with Crippen LogP contribution in [0, 0.1) is 5.92 Å². The molecule has 0 aromatic carbocycles. The molecule has 1 unspecified atom stereocenters. The van der Waals surface area contributed by atoms with Gasteiger partial charge >= 0.3 is 5.97 Å². The summed E-state index contributed by atoms with van der Waals surface area (Å²) in [4.78, 5) is 10.2. The molecule has 0 fully saturated rings. The summed E-state index contributed by atoms with van der Waals surface area (Å²) in [5.41, 5.74) is 0. The molecule has 0 bridgehead atoms. The molecule has 0 saturated heterocycles. The molecule has 0 spiro atoms.